The SMILES string of the molecule is COCCCNCCC(=O)Nc1ccccc1C(C)C. The van der Waals surface area contributed by atoms with Gasteiger partial charge in [0.25, 0.3) is 0 Å². The number of hydrogen-bond acceptors (Lipinski definition) is 3. The summed E-state index contributed by atoms with van der Waals surface area (Å²) in [7, 11) is 1.69. The molecular weight excluding hydrogens is 252 g/mol. The number of carbonyl (C=O) groups excluding carboxylic acids is 1. The minimum Gasteiger partial charge on any atom is -0.385 e. The number of carbonyl (C=O) groups is 1. The second-order valence-electron chi connectivity index (χ2n) is 5.14. The van der Waals surface area contributed by atoms with Crippen molar-refractivity contribution < 1.29 is 9.53 Å². The molecule has 0 atom stereocenters. The molecule has 1 aromatic carbocycles. The van der Waals surface area contributed by atoms with E-state index in [9.17, 15) is 4.79 Å². The summed E-state index contributed by atoms with van der Waals surface area (Å²) in [5.74, 6) is 0.455. The lowest BCUT2D eigenvalue weighted by Gasteiger charge is -2.13. The molecule has 0 aliphatic carbocycles. The van der Waals surface area contributed by atoms with E-state index in [2.05, 4.69) is 30.5 Å². The Bertz CT molecular complexity index is 405. The molecule has 0 spiro atoms. The van der Waals surface area contributed by atoms with Crippen LogP contribution >= 0.6 is 0 Å². The van der Waals surface area contributed by atoms with Crippen LogP contribution in [0.15, 0.2) is 24.3 Å². The lowest BCUT2D eigenvalue weighted by Crippen LogP contribution is -2.23. The summed E-state index contributed by atoms with van der Waals surface area (Å²) in [5, 5.41) is 6.22. The van der Waals surface area contributed by atoms with Gasteiger partial charge in [0.05, 0.1) is 0 Å². The first-order chi connectivity index (χ1) is 9.65. The summed E-state index contributed by atoms with van der Waals surface area (Å²) in [5.41, 5.74) is 2.10. The van der Waals surface area contributed by atoms with Crippen LogP contribution in [0.25, 0.3) is 0 Å². The molecule has 0 aliphatic rings. The van der Waals surface area contributed by atoms with Gasteiger partial charge in [0.2, 0.25) is 5.91 Å². The lowest BCUT2D eigenvalue weighted by atomic mass is 10.0. The number of ether oxygens (including phenoxy) is 1. The minimum atomic E-state index is 0.0531. The van der Waals surface area contributed by atoms with Crippen molar-refractivity contribution in [3.05, 3.63) is 29.8 Å². The van der Waals surface area contributed by atoms with E-state index in [1.165, 1.54) is 5.56 Å². The first-order valence-corrected chi connectivity index (χ1v) is 7.23. The first-order valence-electron chi connectivity index (χ1n) is 7.23. The molecule has 20 heavy (non-hydrogen) atoms. The smallest absolute Gasteiger partial charge is 0.225 e. The topological polar surface area (TPSA) is 50.4 Å². The Morgan fingerprint density at radius 2 is 2.00 bits per heavy atom. The van der Waals surface area contributed by atoms with Crippen LogP contribution in [-0.4, -0.2) is 32.7 Å². The molecule has 0 bridgehead atoms. The first kappa shape index (κ1) is 16.7. The van der Waals surface area contributed by atoms with E-state index in [1.54, 1.807) is 7.11 Å². The Balaban J connectivity index is 2.32. The van der Waals surface area contributed by atoms with Crippen molar-refractivity contribution in [3.63, 3.8) is 0 Å². The van der Waals surface area contributed by atoms with E-state index >= 15 is 0 Å². The number of anilines is 1. The maximum Gasteiger partial charge on any atom is 0.225 e. The molecule has 1 amide bonds. The van der Waals surface area contributed by atoms with Crippen LogP contribution in [0.2, 0.25) is 0 Å². The fourth-order valence-electron chi connectivity index (χ4n) is 2.00. The molecule has 1 aromatic rings. The second kappa shape index (κ2) is 9.50. The highest BCUT2D eigenvalue weighted by atomic mass is 16.5. The summed E-state index contributed by atoms with van der Waals surface area (Å²) in [6.45, 7) is 6.58. The van der Waals surface area contributed by atoms with Crippen LogP contribution < -0.4 is 10.6 Å². The van der Waals surface area contributed by atoms with Gasteiger partial charge in [-0.25, -0.2) is 0 Å². The van der Waals surface area contributed by atoms with Crippen LogP contribution in [-0.2, 0) is 9.53 Å². The third kappa shape index (κ3) is 6.17. The summed E-state index contributed by atoms with van der Waals surface area (Å²) >= 11 is 0. The Morgan fingerprint density at radius 3 is 2.70 bits per heavy atom. The predicted octanol–water partition coefficient (Wildman–Crippen LogP) is 2.76. The number of methoxy groups -OCH3 is 1. The molecule has 0 aromatic heterocycles. The normalized spacial score (nSPS) is 10.8. The Hall–Kier alpha value is -1.39. The van der Waals surface area contributed by atoms with Gasteiger partial charge in [-0.05, 0) is 30.5 Å². The summed E-state index contributed by atoms with van der Waals surface area (Å²) < 4.78 is 4.96. The van der Waals surface area contributed by atoms with Gasteiger partial charge in [0.15, 0.2) is 0 Å². The zero-order valence-electron chi connectivity index (χ0n) is 12.7. The van der Waals surface area contributed by atoms with Crippen molar-refractivity contribution >= 4 is 11.6 Å². The maximum absolute atomic E-state index is 11.9. The van der Waals surface area contributed by atoms with Crippen molar-refractivity contribution in [2.45, 2.75) is 32.6 Å². The number of hydrogen-bond donors (Lipinski definition) is 2. The molecule has 0 saturated carbocycles. The van der Waals surface area contributed by atoms with Crippen LogP contribution in [0.5, 0.6) is 0 Å². The number of benzene rings is 1. The molecule has 4 nitrogen and oxygen atoms in total. The third-order valence-corrected chi connectivity index (χ3v) is 3.09. The molecule has 0 fully saturated rings. The Kier molecular flexibility index (Phi) is 7.92. The second-order valence-corrected chi connectivity index (χ2v) is 5.14. The van der Waals surface area contributed by atoms with E-state index in [4.69, 9.17) is 4.74 Å². The molecule has 0 unspecified atom stereocenters. The predicted molar refractivity (Wildman–Crippen MR) is 83.1 cm³/mol. The summed E-state index contributed by atoms with van der Waals surface area (Å²) in [6, 6.07) is 7.97. The number of rotatable bonds is 9. The van der Waals surface area contributed by atoms with Crippen LogP contribution in [0, 0.1) is 0 Å². The van der Waals surface area contributed by atoms with E-state index in [0.29, 0.717) is 18.9 Å². The summed E-state index contributed by atoms with van der Waals surface area (Å²) in [6.07, 6.45) is 1.45. The molecule has 0 heterocycles. The highest BCUT2D eigenvalue weighted by Crippen LogP contribution is 2.23. The van der Waals surface area contributed by atoms with Crippen LogP contribution in [0.1, 0.15) is 38.2 Å². The van der Waals surface area contributed by atoms with Crippen molar-refractivity contribution in [2.75, 3.05) is 32.1 Å². The van der Waals surface area contributed by atoms with Gasteiger partial charge in [-0.1, -0.05) is 32.0 Å². The van der Waals surface area contributed by atoms with E-state index in [0.717, 1.165) is 25.3 Å². The van der Waals surface area contributed by atoms with E-state index < -0.39 is 0 Å². The quantitative estimate of drug-likeness (QED) is 0.683. The average molecular weight is 278 g/mol. The van der Waals surface area contributed by atoms with Gasteiger partial charge < -0.3 is 15.4 Å². The molecule has 0 aliphatic heterocycles. The zero-order valence-corrected chi connectivity index (χ0v) is 12.7. The molecule has 1 rings (SSSR count). The standard InChI is InChI=1S/C16H26N2O2/c1-13(2)14-7-4-5-8-15(14)18-16(19)9-11-17-10-6-12-20-3/h4-5,7-8,13,17H,6,9-12H2,1-3H3,(H,18,19). The van der Waals surface area contributed by atoms with E-state index in [1.807, 2.05) is 18.2 Å². The molecule has 4 heteroatoms. The lowest BCUT2D eigenvalue weighted by molar-refractivity contribution is -0.116. The largest absolute Gasteiger partial charge is 0.385 e. The Morgan fingerprint density at radius 1 is 1.25 bits per heavy atom. The van der Waals surface area contributed by atoms with Crippen molar-refractivity contribution in [1.29, 1.82) is 0 Å². The third-order valence-electron chi connectivity index (χ3n) is 3.09. The van der Waals surface area contributed by atoms with Crippen molar-refractivity contribution in [3.8, 4) is 0 Å². The highest BCUT2D eigenvalue weighted by molar-refractivity contribution is 5.91. The van der Waals surface area contributed by atoms with Crippen molar-refractivity contribution in [1.82, 2.24) is 5.32 Å². The summed E-state index contributed by atoms with van der Waals surface area (Å²) in [4.78, 5) is 11.9. The van der Waals surface area contributed by atoms with E-state index in [-0.39, 0.29) is 5.91 Å². The molecule has 0 radical (unpaired) electrons. The van der Waals surface area contributed by atoms with Gasteiger partial charge in [-0.3, -0.25) is 4.79 Å². The van der Waals surface area contributed by atoms with Crippen LogP contribution in [0.3, 0.4) is 0 Å². The average Bonchev–Trinajstić information content (AvgIpc) is 2.43. The number of para-hydroxylation sites is 1. The van der Waals surface area contributed by atoms with Gasteiger partial charge in [-0.2, -0.15) is 0 Å². The van der Waals surface area contributed by atoms with Gasteiger partial charge >= 0.3 is 0 Å². The maximum atomic E-state index is 11.9. The monoisotopic (exact) mass is 278 g/mol. The van der Waals surface area contributed by atoms with Gasteiger partial charge in [0, 0.05) is 32.4 Å². The van der Waals surface area contributed by atoms with Gasteiger partial charge in [0.1, 0.15) is 0 Å². The fraction of sp³-hybridized carbons (Fsp3) is 0.562. The highest BCUT2D eigenvalue weighted by Gasteiger charge is 2.08. The molecular formula is C16H26N2O2. The Labute approximate surface area is 121 Å². The molecule has 112 valence electrons. The van der Waals surface area contributed by atoms with Gasteiger partial charge in [-0.15, -0.1) is 0 Å². The minimum absolute atomic E-state index is 0.0531. The number of amides is 1. The fourth-order valence-corrected chi connectivity index (χ4v) is 2.00. The zero-order chi connectivity index (χ0) is 14.8. The van der Waals surface area contributed by atoms with Crippen molar-refractivity contribution in [2.24, 2.45) is 0 Å². The number of nitrogens with one attached hydrogen (secondary N) is 2. The molecule has 2 N–H and O–H groups in total. The molecule has 0 saturated heterocycles. The van der Waals surface area contributed by atoms with Crippen LogP contribution in [0.4, 0.5) is 5.69 Å².